The SMILES string of the molecule is Cc1ccc(C)c(S(=O)(=O)Nc2ccc(C(=O)N3CCC(CN4CC(C)OC(C)C4)CC3)cc2)c1. The number of nitrogens with zero attached hydrogens (tertiary/aromatic N) is 2. The number of hydrogen-bond donors (Lipinski definition) is 1. The summed E-state index contributed by atoms with van der Waals surface area (Å²) >= 11 is 0. The van der Waals surface area contributed by atoms with Crippen LogP contribution in [0.4, 0.5) is 5.69 Å². The Morgan fingerprint density at radius 3 is 2.26 bits per heavy atom. The zero-order valence-electron chi connectivity index (χ0n) is 21.2. The molecule has 2 heterocycles. The fourth-order valence-electron chi connectivity index (χ4n) is 5.19. The molecule has 2 unspecified atom stereocenters. The predicted octanol–water partition coefficient (Wildman–Crippen LogP) is 4.07. The zero-order valence-corrected chi connectivity index (χ0v) is 22.0. The highest BCUT2D eigenvalue weighted by Crippen LogP contribution is 2.24. The number of aryl methyl sites for hydroxylation is 2. The molecular formula is C27H37N3O4S. The van der Waals surface area contributed by atoms with E-state index in [1.807, 2.05) is 17.9 Å². The summed E-state index contributed by atoms with van der Waals surface area (Å²) in [4.78, 5) is 17.7. The van der Waals surface area contributed by atoms with Gasteiger partial charge in [0.2, 0.25) is 0 Å². The minimum Gasteiger partial charge on any atom is -0.373 e. The molecule has 4 rings (SSSR count). The molecule has 0 spiro atoms. The number of carbonyl (C=O) groups is 1. The first kappa shape index (κ1) is 25.7. The van der Waals surface area contributed by atoms with E-state index < -0.39 is 10.0 Å². The van der Waals surface area contributed by atoms with Gasteiger partial charge in [0.15, 0.2) is 0 Å². The highest BCUT2D eigenvalue weighted by molar-refractivity contribution is 7.92. The van der Waals surface area contributed by atoms with Gasteiger partial charge in [-0.15, -0.1) is 0 Å². The van der Waals surface area contributed by atoms with Gasteiger partial charge in [-0.1, -0.05) is 12.1 Å². The van der Waals surface area contributed by atoms with Crippen molar-refractivity contribution < 1.29 is 17.9 Å². The number of hydrogen-bond acceptors (Lipinski definition) is 5. The molecule has 0 aliphatic carbocycles. The fraction of sp³-hybridized carbons (Fsp3) is 0.519. The number of sulfonamides is 1. The van der Waals surface area contributed by atoms with E-state index >= 15 is 0 Å². The van der Waals surface area contributed by atoms with Gasteiger partial charge in [-0.2, -0.15) is 0 Å². The highest BCUT2D eigenvalue weighted by Gasteiger charge is 2.28. The van der Waals surface area contributed by atoms with Crippen molar-refractivity contribution in [1.82, 2.24) is 9.80 Å². The molecule has 0 aromatic heterocycles. The Bertz CT molecular complexity index is 1130. The van der Waals surface area contributed by atoms with E-state index in [4.69, 9.17) is 4.74 Å². The Balaban J connectivity index is 1.32. The minimum absolute atomic E-state index is 0.000928. The van der Waals surface area contributed by atoms with Gasteiger partial charge < -0.3 is 9.64 Å². The van der Waals surface area contributed by atoms with Crippen molar-refractivity contribution in [1.29, 1.82) is 0 Å². The van der Waals surface area contributed by atoms with Crippen LogP contribution in [0, 0.1) is 19.8 Å². The topological polar surface area (TPSA) is 79.0 Å². The Hall–Kier alpha value is -2.42. The molecule has 8 heteroatoms. The Morgan fingerprint density at radius 1 is 1.00 bits per heavy atom. The van der Waals surface area contributed by atoms with Gasteiger partial charge >= 0.3 is 0 Å². The van der Waals surface area contributed by atoms with E-state index in [1.165, 1.54) is 0 Å². The summed E-state index contributed by atoms with van der Waals surface area (Å²) in [5, 5.41) is 0. The number of piperidine rings is 1. The summed E-state index contributed by atoms with van der Waals surface area (Å²) in [6, 6.07) is 12.1. The molecule has 35 heavy (non-hydrogen) atoms. The Morgan fingerprint density at radius 2 is 1.63 bits per heavy atom. The molecule has 2 atom stereocenters. The highest BCUT2D eigenvalue weighted by atomic mass is 32.2. The largest absolute Gasteiger partial charge is 0.373 e. The van der Waals surface area contributed by atoms with Crippen molar-refractivity contribution >= 4 is 21.6 Å². The smallest absolute Gasteiger partial charge is 0.262 e. The van der Waals surface area contributed by atoms with E-state index in [0.717, 1.165) is 51.1 Å². The average Bonchev–Trinajstić information content (AvgIpc) is 2.80. The number of carbonyl (C=O) groups excluding carboxylic acids is 1. The second-order valence-corrected chi connectivity index (χ2v) is 11.8. The van der Waals surface area contributed by atoms with E-state index in [1.54, 1.807) is 43.3 Å². The number of anilines is 1. The van der Waals surface area contributed by atoms with Gasteiger partial charge in [-0.05, 0) is 87.9 Å². The molecule has 1 amide bonds. The fourth-order valence-corrected chi connectivity index (χ4v) is 6.58. The molecule has 0 radical (unpaired) electrons. The van der Waals surface area contributed by atoms with Crippen LogP contribution < -0.4 is 4.72 Å². The molecular weight excluding hydrogens is 462 g/mol. The molecule has 0 saturated carbocycles. The number of morpholine rings is 1. The van der Waals surface area contributed by atoms with Gasteiger partial charge in [-0.25, -0.2) is 8.42 Å². The number of nitrogens with one attached hydrogen (secondary N) is 1. The van der Waals surface area contributed by atoms with Crippen molar-refractivity contribution in [2.45, 2.75) is 57.6 Å². The number of benzene rings is 2. The van der Waals surface area contributed by atoms with Gasteiger partial charge in [0.05, 0.1) is 17.1 Å². The molecule has 2 fully saturated rings. The maximum atomic E-state index is 13.0. The van der Waals surface area contributed by atoms with Crippen LogP contribution >= 0.6 is 0 Å². The van der Waals surface area contributed by atoms with Crippen LogP contribution in [0.5, 0.6) is 0 Å². The first-order chi connectivity index (χ1) is 16.6. The zero-order chi connectivity index (χ0) is 25.2. The van der Waals surface area contributed by atoms with E-state index in [0.29, 0.717) is 22.7 Å². The molecule has 2 aliphatic rings. The van der Waals surface area contributed by atoms with Crippen molar-refractivity contribution in [3.8, 4) is 0 Å². The predicted molar refractivity (Wildman–Crippen MR) is 138 cm³/mol. The van der Waals surface area contributed by atoms with E-state index in [9.17, 15) is 13.2 Å². The number of likely N-dealkylation sites (tertiary alicyclic amines) is 1. The molecule has 2 saturated heterocycles. The lowest BCUT2D eigenvalue weighted by Crippen LogP contribution is -2.48. The van der Waals surface area contributed by atoms with Crippen molar-refractivity contribution in [3.63, 3.8) is 0 Å². The third-order valence-corrected chi connectivity index (χ3v) is 8.45. The lowest BCUT2D eigenvalue weighted by Gasteiger charge is -2.39. The van der Waals surface area contributed by atoms with Crippen LogP contribution in [0.15, 0.2) is 47.4 Å². The maximum absolute atomic E-state index is 13.0. The van der Waals surface area contributed by atoms with Crippen LogP contribution in [-0.4, -0.2) is 69.1 Å². The summed E-state index contributed by atoms with van der Waals surface area (Å²) in [6.45, 7) is 12.4. The molecule has 0 bridgehead atoms. The third kappa shape index (κ3) is 6.42. The quantitative estimate of drug-likeness (QED) is 0.648. The summed E-state index contributed by atoms with van der Waals surface area (Å²) < 4.78 is 34.2. The normalized spacial score (nSPS) is 22.2. The van der Waals surface area contributed by atoms with Crippen LogP contribution in [0.25, 0.3) is 0 Å². The molecule has 1 N–H and O–H groups in total. The summed E-state index contributed by atoms with van der Waals surface area (Å²) in [6.07, 6.45) is 2.54. The summed E-state index contributed by atoms with van der Waals surface area (Å²) in [5.41, 5.74) is 2.59. The average molecular weight is 500 g/mol. The van der Waals surface area contributed by atoms with Gasteiger partial charge in [0, 0.05) is 44.0 Å². The number of ether oxygens (including phenoxy) is 1. The molecule has 190 valence electrons. The van der Waals surface area contributed by atoms with Crippen molar-refractivity contribution in [2.24, 2.45) is 5.92 Å². The lowest BCUT2D eigenvalue weighted by atomic mass is 9.95. The second kappa shape index (κ2) is 10.7. The van der Waals surface area contributed by atoms with Crippen LogP contribution in [-0.2, 0) is 14.8 Å². The Labute approximate surface area is 209 Å². The second-order valence-electron chi connectivity index (χ2n) is 10.2. The Kier molecular flexibility index (Phi) is 7.83. The maximum Gasteiger partial charge on any atom is 0.262 e. The minimum atomic E-state index is -3.70. The molecule has 2 aromatic rings. The van der Waals surface area contributed by atoms with Crippen LogP contribution in [0.3, 0.4) is 0 Å². The third-order valence-electron chi connectivity index (χ3n) is 6.93. The molecule has 7 nitrogen and oxygen atoms in total. The molecule has 2 aliphatic heterocycles. The number of amides is 1. The van der Waals surface area contributed by atoms with Gasteiger partial charge in [0.1, 0.15) is 0 Å². The standard InChI is InChI=1S/C27H37N3O4S/c1-19-5-6-20(2)26(15-19)35(32,33)28-25-9-7-24(8-10-25)27(31)30-13-11-23(12-14-30)18-29-16-21(3)34-22(4)17-29/h5-10,15,21-23,28H,11-14,16-18H2,1-4H3. The van der Waals surface area contributed by atoms with Gasteiger partial charge in [0.25, 0.3) is 15.9 Å². The molecule has 2 aromatic carbocycles. The lowest BCUT2D eigenvalue weighted by molar-refractivity contribution is -0.0728. The number of rotatable bonds is 6. The van der Waals surface area contributed by atoms with Crippen LogP contribution in [0.2, 0.25) is 0 Å². The van der Waals surface area contributed by atoms with Crippen LogP contribution in [0.1, 0.15) is 48.2 Å². The van der Waals surface area contributed by atoms with Crippen molar-refractivity contribution in [2.75, 3.05) is 37.4 Å². The summed E-state index contributed by atoms with van der Waals surface area (Å²) in [5.74, 6) is 0.597. The summed E-state index contributed by atoms with van der Waals surface area (Å²) in [7, 11) is -3.70. The monoisotopic (exact) mass is 499 g/mol. The van der Waals surface area contributed by atoms with Crippen molar-refractivity contribution in [3.05, 3.63) is 59.2 Å². The van der Waals surface area contributed by atoms with E-state index in [2.05, 4.69) is 23.5 Å². The first-order valence-electron chi connectivity index (χ1n) is 12.5. The first-order valence-corrected chi connectivity index (χ1v) is 14.0. The van der Waals surface area contributed by atoms with Gasteiger partial charge in [-0.3, -0.25) is 14.4 Å². The van der Waals surface area contributed by atoms with E-state index in [-0.39, 0.29) is 23.0 Å².